The van der Waals surface area contributed by atoms with Crippen LogP contribution in [0, 0.1) is 6.08 Å². The van der Waals surface area contributed by atoms with E-state index in [9.17, 15) is 0 Å². The van der Waals surface area contributed by atoms with Gasteiger partial charge in [0.05, 0.1) is 0 Å². The molecule has 0 N–H and O–H groups in total. The second-order valence-electron chi connectivity index (χ2n) is 2.45. The van der Waals surface area contributed by atoms with Gasteiger partial charge in [0.1, 0.15) is 0 Å². The molecule has 57 valence electrons. The molecule has 0 atom stereocenters. The molecule has 0 nitrogen and oxygen atoms in total. The molecule has 0 saturated carbocycles. The van der Waals surface area contributed by atoms with Crippen molar-refractivity contribution in [3.05, 3.63) is 48.6 Å². The summed E-state index contributed by atoms with van der Waals surface area (Å²) >= 11 is 0. The fourth-order valence-electron chi connectivity index (χ4n) is 0.897. The van der Waals surface area contributed by atoms with Crippen molar-refractivity contribution in [2.75, 3.05) is 0 Å². The second-order valence-corrected chi connectivity index (χ2v) is 2.45. The van der Waals surface area contributed by atoms with Gasteiger partial charge in [0.25, 0.3) is 0 Å². The Morgan fingerprint density at radius 3 is 2.82 bits per heavy atom. The van der Waals surface area contributed by atoms with Crippen molar-refractivity contribution in [1.82, 2.24) is 0 Å². The Morgan fingerprint density at radius 1 is 0.909 bits per heavy atom. The van der Waals surface area contributed by atoms with Crippen LogP contribution in [0.4, 0.5) is 0 Å². The van der Waals surface area contributed by atoms with E-state index < -0.39 is 0 Å². The first-order chi connectivity index (χ1) is 5.50. The summed E-state index contributed by atoms with van der Waals surface area (Å²) in [6.07, 6.45) is 21.0. The molecule has 0 unspecified atom stereocenters. The molecule has 0 fully saturated rings. The molecule has 1 aliphatic rings. The minimum atomic E-state index is 1.03. The normalized spacial score (nSPS) is 18.2. The maximum Gasteiger partial charge on any atom is -0.0166 e. The molecule has 11 heavy (non-hydrogen) atoms. The van der Waals surface area contributed by atoms with Crippen LogP contribution in [0.1, 0.15) is 19.3 Å². The van der Waals surface area contributed by atoms with Crippen LogP contribution in [0.15, 0.2) is 42.5 Å². The lowest BCUT2D eigenvalue weighted by atomic mass is 10.2. The molecule has 0 heterocycles. The first kappa shape index (κ1) is 8.06. The minimum Gasteiger partial charge on any atom is -0.0879 e. The summed E-state index contributed by atoms with van der Waals surface area (Å²) in [4.78, 5) is 0. The lowest BCUT2D eigenvalue weighted by molar-refractivity contribution is 1.04. The van der Waals surface area contributed by atoms with Crippen LogP contribution in [-0.2, 0) is 0 Å². The Labute approximate surface area is 68.6 Å². The summed E-state index contributed by atoms with van der Waals surface area (Å²) < 4.78 is 0. The van der Waals surface area contributed by atoms with E-state index in [0.29, 0.717) is 0 Å². The van der Waals surface area contributed by atoms with Crippen molar-refractivity contribution in [3.8, 4) is 0 Å². The maximum absolute atomic E-state index is 3.06. The summed E-state index contributed by atoms with van der Waals surface area (Å²) in [5.74, 6) is 0. The second kappa shape index (κ2) is 5.72. The SMILES string of the molecule is [C]1=CC=CCCC=CCC=C1. The zero-order valence-corrected chi connectivity index (χ0v) is 6.66. The Kier molecular flexibility index (Phi) is 4.19. The smallest absolute Gasteiger partial charge is 0.0166 e. The zero-order valence-electron chi connectivity index (χ0n) is 6.66. The van der Waals surface area contributed by atoms with Gasteiger partial charge in [-0.3, -0.25) is 0 Å². The van der Waals surface area contributed by atoms with E-state index in [1.807, 2.05) is 18.2 Å². The Hall–Kier alpha value is -1.04. The van der Waals surface area contributed by atoms with E-state index in [1.54, 1.807) is 0 Å². The standard InChI is InChI=1S/C11H13/c1-2-4-6-8-10-11-9-7-5-3-1/h1-3,7-10H,4,6,11H2. The van der Waals surface area contributed by atoms with Crippen LogP contribution in [-0.4, -0.2) is 0 Å². The van der Waals surface area contributed by atoms with Crippen molar-refractivity contribution in [1.29, 1.82) is 0 Å². The molecule has 0 aliphatic heterocycles. The van der Waals surface area contributed by atoms with Gasteiger partial charge in [0, 0.05) is 0 Å². The molecule has 0 saturated heterocycles. The summed E-state index contributed by atoms with van der Waals surface area (Å²) in [5.41, 5.74) is 0. The molecule has 0 aromatic heterocycles. The summed E-state index contributed by atoms with van der Waals surface area (Å²) in [6, 6.07) is 0. The van der Waals surface area contributed by atoms with E-state index in [1.165, 1.54) is 0 Å². The van der Waals surface area contributed by atoms with Gasteiger partial charge in [-0.1, -0.05) is 42.5 Å². The van der Waals surface area contributed by atoms with Gasteiger partial charge in [-0.05, 0) is 25.3 Å². The Bertz CT molecular complexity index is 192. The largest absolute Gasteiger partial charge is 0.0879 e. The fourth-order valence-corrected chi connectivity index (χ4v) is 0.897. The van der Waals surface area contributed by atoms with Gasteiger partial charge in [0.2, 0.25) is 0 Å². The van der Waals surface area contributed by atoms with E-state index in [4.69, 9.17) is 0 Å². The van der Waals surface area contributed by atoms with Crippen molar-refractivity contribution >= 4 is 0 Å². The van der Waals surface area contributed by atoms with Crippen LogP contribution >= 0.6 is 0 Å². The molecule has 0 aromatic rings. The molecule has 0 spiro atoms. The maximum atomic E-state index is 3.06. The monoisotopic (exact) mass is 145 g/mol. The Morgan fingerprint density at radius 2 is 1.82 bits per heavy atom. The van der Waals surface area contributed by atoms with Crippen molar-refractivity contribution < 1.29 is 0 Å². The number of rotatable bonds is 0. The quantitative estimate of drug-likeness (QED) is 0.459. The lowest BCUT2D eigenvalue weighted by Crippen LogP contribution is -1.63. The fraction of sp³-hybridized carbons (Fsp3) is 0.273. The van der Waals surface area contributed by atoms with E-state index in [0.717, 1.165) is 19.3 Å². The summed E-state index contributed by atoms with van der Waals surface area (Å²) in [5, 5.41) is 0. The Balaban J connectivity index is 2.47. The predicted molar refractivity (Wildman–Crippen MR) is 49.1 cm³/mol. The van der Waals surface area contributed by atoms with Crippen LogP contribution < -0.4 is 0 Å². The molecule has 0 heteroatoms. The van der Waals surface area contributed by atoms with E-state index >= 15 is 0 Å². The van der Waals surface area contributed by atoms with Gasteiger partial charge >= 0.3 is 0 Å². The van der Waals surface area contributed by atoms with Crippen LogP contribution in [0.3, 0.4) is 0 Å². The molecule has 1 rings (SSSR count). The highest BCUT2D eigenvalue weighted by Crippen LogP contribution is 1.97. The molecule has 0 aromatic carbocycles. The van der Waals surface area contributed by atoms with Crippen LogP contribution in [0.2, 0.25) is 0 Å². The summed E-state index contributed by atoms with van der Waals surface area (Å²) in [6.45, 7) is 0. The van der Waals surface area contributed by atoms with Crippen LogP contribution in [0.25, 0.3) is 0 Å². The molecule has 0 amide bonds. The van der Waals surface area contributed by atoms with Crippen molar-refractivity contribution in [2.45, 2.75) is 19.3 Å². The highest BCUT2D eigenvalue weighted by molar-refractivity contribution is 5.08. The van der Waals surface area contributed by atoms with E-state index in [2.05, 4.69) is 30.4 Å². The molecule has 0 bridgehead atoms. The van der Waals surface area contributed by atoms with Gasteiger partial charge in [0.15, 0.2) is 0 Å². The van der Waals surface area contributed by atoms with Crippen molar-refractivity contribution in [3.63, 3.8) is 0 Å². The lowest BCUT2D eigenvalue weighted by Gasteiger charge is -1.83. The third-order valence-electron chi connectivity index (χ3n) is 1.48. The highest BCUT2D eigenvalue weighted by atomic mass is 13.8. The first-order valence-corrected chi connectivity index (χ1v) is 4.04. The van der Waals surface area contributed by atoms with Gasteiger partial charge in [-0.15, -0.1) is 0 Å². The topological polar surface area (TPSA) is 0 Å². The zero-order chi connectivity index (χ0) is 7.78. The van der Waals surface area contributed by atoms with Gasteiger partial charge in [-0.25, -0.2) is 0 Å². The third-order valence-corrected chi connectivity index (χ3v) is 1.48. The number of hydrogen-bond acceptors (Lipinski definition) is 0. The van der Waals surface area contributed by atoms with E-state index in [-0.39, 0.29) is 0 Å². The molecular weight excluding hydrogens is 132 g/mol. The average molecular weight is 145 g/mol. The first-order valence-electron chi connectivity index (χ1n) is 4.04. The predicted octanol–water partition coefficient (Wildman–Crippen LogP) is 3.20. The third kappa shape index (κ3) is 4.38. The minimum absolute atomic E-state index is 1.03. The molecule has 1 aliphatic carbocycles. The average Bonchev–Trinajstić information content (AvgIpc) is 2.08. The van der Waals surface area contributed by atoms with Gasteiger partial charge in [-0.2, -0.15) is 0 Å². The van der Waals surface area contributed by atoms with Gasteiger partial charge < -0.3 is 0 Å². The number of allylic oxidation sites excluding steroid dienone is 8. The van der Waals surface area contributed by atoms with Crippen LogP contribution in [0.5, 0.6) is 0 Å². The highest BCUT2D eigenvalue weighted by Gasteiger charge is 1.76. The summed E-state index contributed by atoms with van der Waals surface area (Å²) in [7, 11) is 0. The molecular formula is C11H13. The molecule has 1 radical (unpaired) electrons. The van der Waals surface area contributed by atoms with Crippen molar-refractivity contribution in [2.24, 2.45) is 0 Å². The number of hydrogen-bond donors (Lipinski definition) is 0.